The number of nitrogens with zero attached hydrogens (tertiary/aromatic N) is 1. The molecule has 0 amide bonds. The molecule has 0 radical (unpaired) electrons. The third kappa shape index (κ3) is 6.72. The van der Waals surface area contributed by atoms with Gasteiger partial charge in [-0.15, -0.1) is 0 Å². The van der Waals surface area contributed by atoms with E-state index in [9.17, 15) is 9.63 Å². The second-order valence-corrected chi connectivity index (χ2v) is 3.04. The molecule has 0 aromatic carbocycles. The fourth-order valence-electron chi connectivity index (χ4n) is 1.00. The maximum Gasteiger partial charge on any atom is 0.213 e. The van der Waals surface area contributed by atoms with E-state index in [4.69, 9.17) is 10.6 Å². The molecule has 0 aliphatic heterocycles. The van der Waals surface area contributed by atoms with Crippen molar-refractivity contribution >= 4 is 0 Å². The minimum atomic E-state index is -0.317. The number of likely N-dealkylation sites (N-methyl/N-ethyl adjacent to an activating group) is 1. The van der Waals surface area contributed by atoms with Crippen molar-refractivity contribution in [2.45, 2.75) is 6.92 Å². The SMILES string of the molecule is C=C/C=C(OF)\C(O)=C/CN(CC)OCCN. The van der Waals surface area contributed by atoms with Crippen molar-refractivity contribution in [3.05, 3.63) is 36.3 Å². The number of aliphatic hydroxyl groups is 1. The van der Waals surface area contributed by atoms with Crippen molar-refractivity contribution in [3.63, 3.8) is 0 Å². The van der Waals surface area contributed by atoms with Crippen LogP contribution in [0, 0.1) is 0 Å². The lowest BCUT2D eigenvalue weighted by Gasteiger charge is -2.17. The molecule has 0 rings (SSSR count). The van der Waals surface area contributed by atoms with Gasteiger partial charge in [0.1, 0.15) is 0 Å². The average molecular weight is 246 g/mol. The molecule has 0 saturated heterocycles. The molecule has 0 spiro atoms. The third-order valence-corrected chi connectivity index (χ3v) is 1.84. The van der Waals surface area contributed by atoms with E-state index in [2.05, 4.69) is 11.5 Å². The lowest BCUT2D eigenvalue weighted by Crippen LogP contribution is -2.27. The summed E-state index contributed by atoms with van der Waals surface area (Å²) in [7, 11) is 0. The first-order valence-electron chi connectivity index (χ1n) is 5.28. The normalized spacial score (nSPS) is 12.9. The molecular formula is C11H19FN2O3. The summed E-state index contributed by atoms with van der Waals surface area (Å²) in [6, 6.07) is 0. The number of hydrogen-bond acceptors (Lipinski definition) is 5. The second-order valence-electron chi connectivity index (χ2n) is 3.04. The van der Waals surface area contributed by atoms with E-state index in [0.29, 0.717) is 26.2 Å². The molecule has 17 heavy (non-hydrogen) atoms. The van der Waals surface area contributed by atoms with Crippen LogP contribution in [0.1, 0.15) is 6.92 Å². The fourth-order valence-corrected chi connectivity index (χ4v) is 1.00. The van der Waals surface area contributed by atoms with Gasteiger partial charge >= 0.3 is 0 Å². The maximum atomic E-state index is 12.0. The van der Waals surface area contributed by atoms with Crippen LogP contribution in [0.3, 0.4) is 0 Å². The molecule has 0 aliphatic rings. The van der Waals surface area contributed by atoms with Crippen molar-refractivity contribution in [2.75, 3.05) is 26.2 Å². The van der Waals surface area contributed by atoms with Crippen LogP contribution in [-0.4, -0.2) is 36.4 Å². The van der Waals surface area contributed by atoms with Gasteiger partial charge in [-0.1, -0.05) is 19.6 Å². The molecule has 0 unspecified atom stereocenters. The predicted molar refractivity (Wildman–Crippen MR) is 63.4 cm³/mol. The van der Waals surface area contributed by atoms with Gasteiger partial charge in [0, 0.05) is 24.2 Å². The Hall–Kier alpha value is -1.37. The van der Waals surface area contributed by atoms with Gasteiger partial charge in [-0.25, -0.2) is 0 Å². The van der Waals surface area contributed by atoms with Crippen LogP contribution in [0.25, 0.3) is 0 Å². The summed E-state index contributed by atoms with van der Waals surface area (Å²) in [4.78, 5) is 8.73. The van der Waals surface area contributed by atoms with Gasteiger partial charge in [0.15, 0.2) is 5.76 Å². The Kier molecular flexibility index (Phi) is 9.04. The molecule has 0 saturated carbocycles. The van der Waals surface area contributed by atoms with E-state index < -0.39 is 0 Å². The van der Waals surface area contributed by atoms with E-state index in [-0.39, 0.29) is 11.5 Å². The molecule has 6 heteroatoms. The van der Waals surface area contributed by atoms with E-state index >= 15 is 0 Å². The van der Waals surface area contributed by atoms with Gasteiger partial charge < -0.3 is 10.8 Å². The van der Waals surface area contributed by atoms with Gasteiger partial charge in [0.05, 0.1) is 6.61 Å². The zero-order chi connectivity index (χ0) is 13.1. The predicted octanol–water partition coefficient (Wildman–Crippen LogP) is 1.61. The van der Waals surface area contributed by atoms with Crippen LogP contribution in [-0.2, 0) is 9.78 Å². The molecule has 5 nitrogen and oxygen atoms in total. The summed E-state index contributed by atoms with van der Waals surface area (Å²) in [6.45, 7) is 6.95. The van der Waals surface area contributed by atoms with Gasteiger partial charge in [-0.2, -0.15) is 5.06 Å². The van der Waals surface area contributed by atoms with Crippen LogP contribution in [0.2, 0.25) is 0 Å². The van der Waals surface area contributed by atoms with Crippen molar-refractivity contribution in [3.8, 4) is 0 Å². The number of halogens is 1. The monoisotopic (exact) mass is 246 g/mol. The van der Waals surface area contributed by atoms with E-state index in [1.165, 1.54) is 18.2 Å². The molecule has 0 bridgehead atoms. The Morgan fingerprint density at radius 2 is 2.29 bits per heavy atom. The van der Waals surface area contributed by atoms with E-state index in [1.807, 2.05) is 6.92 Å². The molecule has 0 atom stereocenters. The molecule has 0 fully saturated rings. The number of hydrogen-bond donors (Lipinski definition) is 2. The largest absolute Gasteiger partial charge is 0.504 e. The highest BCUT2D eigenvalue weighted by molar-refractivity contribution is 5.22. The molecule has 0 aromatic heterocycles. The van der Waals surface area contributed by atoms with Crippen LogP contribution in [0.15, 0.2) is 36.3 Å². The molecule has 0 heterocycles. The first-order chi connectivity index (χ1) is 8.19. The quantitative estimate of drug-likeness (QED) is 0.367. The Morgan fingerprint density at radius 1 is 1.59 bits per heavy atom. The Bertz CT molecular complexity index is 280. The first-order valence-corrected chi connectivity index (χ1v) is 5.28. The summed E-state index contributed by atoms with van der Waals surface area (Å²) < 4.78 is 12.0. The number of aliphatic hydroxyl groups excluding tert-OH is 1. The Balaban J connectivity index is 4.36. The molecule has 0 aliphatic carbocycles. The standard InChI is InChI=1S/C11H19FN2O3/c1-3-5-11(17-12)10(15)6-8-14(4-2)16-9-7-13/h3,5-6,15H,1,4,7-9,13H2,2H3/b10-6+,11-5+. The zero-order valence-corrected chi connectivity index (χ0v) is 9.93. The number of nitrogens with two attached hydrogens (primary N) is 1. The summed E-state index contributed by atoms with van der Waals surface area (Å²) in [5.41, 5.74) is 5.29. The Labute approximate surface area is 100 Å². The van der Waals surface area contributed by atoms with Crippen LogP contribution < -0.4 is 5.73 Å². The average Bonchev–Trinajstić information content (AvgIpc) is 2.35. The van der Waals surface area contributed by atoms with Crippen molar-refractivity contribution in [1.82, 2.24) is 5.06 Å². The number of rotatable bonds is 9. The lowest BCUT2D eigenvalue weighted by atomic mass is 10.3. The molecular weight excluding hydrogens is 227 g/mol. The summed E-state index contributed by atoms with van der Waals surface area (Å²) >= 11 is 0. The summed E-state index contributed by atoms with van der Waals surface area (Å²) in [5, 5.41) is 11.1. The van der Waals surface area contributed by atoms with E-state index in [0.717, 1.165) is 0 Å². The molecule has 3 N–H and O–H groups in total. The molecule has 98 valence electrons. The van der Waals surface area contributed by atoms with Gasteiger partial charge in [0.2, 0.25) is 5.76 Å². The highest BCUT2D eigenvalue weighted by Gasteiger charge is 2.06. The lowest BCUT2D eigenvalue weighted by molar-refractivity contribution is -0.145. The van der Waals surface area contributed by atoms with E-state index in [1.54, 1.807) is 5.06 Å². The zero-order valence-electron chi connectivity index (χ0n) is 9.93. The van der Waals surface area contributed by atoms with Gasteiger partial charge in [-0.3, -0.25) is 9.78 Å². The van der Waals surface area contributed by atoms with Gasteiger partial charge in [0.25, 0.3) is 0 Å². The van der Waals surface area contributed by atoms with Crippen LogP contribution in [0.4, 0.5) is 4.53 Å². The smallest absolute Gasteiger partial charge is 0.213 e. The minimum absolute atomic E-state index is 0.292. The first kappa shape index (κ1) is 15.6. The second kappa shape index (κ2) is 9.83. The highest BCUT2D eigenvalue weighted by Crippen LogP contribution is 2.09. The summed E-state index contributed by atoms with van der Waals surface area (Å²) in [5.74, 6) is -0.614. The van der Waals surface area contributed by atoms with Crippen molar-refractivity contribution < 1.29 is 19.4 Å². The maximum absolute atomic E-state index is 12.0. The van der Waals surface area contributed by atoms with Gasteiger partial charge in [-0.05, 0) is 12.2 Å². The highest BCUT2D eigenvalue weighted by atomic mass is 19.3. The van der Waals surface area contributed by atoms with Crippen LogP contribution in [0.5, 0.6) is 0 Å². The Morgan fingerprint density at radius 3 is 2.76 bits per heavy atom. The third-order valence-electron chi connectivity index (χ3n) is 1.84. The topological polar surface area (TPSA) is 68.0 Å². The van der Waals surface area contributed by atoms with Crippen LogP contribution >= 0.6 is 0 Å². The molecule has 0 aromatic rings. The number of hydroxylamine groups is 2. The van der Waals surface area contributed by atoms with Crippen molar-refractivity contribution in [2.24, 2.45) is 5.73 Å². The summed E-state index contributed by atoms with van der Waals surface area (Å²) in [6.07, 6.45) is 3.89. The van der Waals surface area contributed by atoms with Crippen molar-refractivity contribution in [1.29, 1.82) is 0 Å². The fraction of sp³-hybridized carbons (Fsp3) is 0.455. The minimum Gasteiger partial charge on any atom is -0.504 e. The number of allylic oxidation sites excluding steroid dienone is 2.